The minimum Gasteiger partial charge on any atom is -0.496 e. The number of carbonyl (C=O) groups excluding carboxylic acids is 1. The van der Waals surface area contributed by atoms with Crippen LogP contribution in [-0.2, 0) is 22.7 Å². The van der Waals surface area contributed by atoms with Crippen molar-refractivity contribution in [2.45, 2.75) is 45.0 Å². The van der Waals surface area contributed by atoms with Crippen LogP contribution in [0.4, 0.5) is 10.2 Å². The summed E-state index contributed by atoms with van der Waals surface area (Å²) in [6.45, 7) is 8.74. The Morgan fingerprint density at radius 3 is 2.74 bits per heavy atom. The second-order valence-electron chi connectivity index (χ2n) is 11.4. The van der Waals surface area contributed by atoms with E-state index in [4.69, 9.17) is 25.0 Å². The summed E-state index contributed by atoms with van der Waals surface area (Å²) < 4.78 is 33.9. The van der Waals surface area contributed by atoms with Crippen LogP contribution < -0.4 is 15.8 Å². The Labute approximate surface area is 244 Å². The van der Waals surface area contributed by atoms with Crippen molar-refractivity contribution in [2.24, 2.45) is 0 Å². The van der Waals surface area contributed by atoms with E-state index in [1.807, 2.05) is 12.1 Å². The topological polar surface area (TPSA) is 142 Å². The maximum absolute atomic E-state index is 13.9. The SMILES string of the molecule is COc1ccc(F)cc1C(=O)NCc1ccc(-c2nn(C3COC3)c(N)c2C#N)c2cnn(COCC[Si](C)(C)C)c12. The number of nitrogen functional groups attached to an aromatic ring is 1. The molecule has 13 heteroatoms. The van der Waals surface area contributed by atoms with Crippen molar-refractivity contribution in [1.29, 1.82) is 5.26 Å². The fourth-order valence-corrected chi connectivity index (χ4v) is 5.52. The molecule has 1 fully saturated rings. The fourth-order valence-electron chi connectivity index (χ4n) is 4.77. The maximum Gasteiger partial charge on any atom is 0.255 e. The lowest BCUT2D eigenvalue weighted by Gasteiger charge is -2.26. The normalized spacial score (nSPS) is 13.6. The molecular weight excluding hydrogens is 557 g/mol. The summed E-state index contributed by atoms with van der Waals surface area (Å²) in [5, 5.41) is 22.9. The van der Waals surface area contributed by atoms with Crippen molar-refractivity contribution < 1.29 is 23.4 Å². The van der Waals surface area contributed by atoms with E-state index < -0.39 is 19.8 Å². The molecule has 2 aromatic carbocycles. The first-order valence-corrected chi connectivity index (χ1v) is 17.3. The Kier molecular flexibility index (Phi) is 8.30. The molecule has 2 aromatic heterocycles. The maximum atomic E-state index is 13.9. The van der Waals surface area contributed by atoms with Gasteiger partial charge in [-0.2, -0.15) is 15.5 Å². The van der Waals surface area contributed by atoms with Gasteiger partial charge in [0.2, 0.25) is 0 Å². The summed E-state index contributed by atoms with van der Waals surface area (Å²) >= 11 is 0. The zero-order chi connectivity index (χ0) is 30.0. The number of hydrogen-bond acceptors (Lipinski definition) is 8. The van der Waals surface area contributed by atoms with Gasteiger partial charge in [-0.15, -0.1) is 0 Å². The number of fused-ring (bicyclic) bond motifs is 1. The van der Waals surface area contributed by atoms with E-state index in [-0.39, 0.29) is 42.0 Å². The number of anilines is 1. The number of hydrogen-bond donors (Lipinski definition) is 2. The van der Waals surface area contributed by atoms with Gasteiger partial charge in [0.1, 0.15) is 47.5 Å². The average Bonchev–Trinajstić information content (AvgIpc) is 3.49. The summed E-state index contributed by atoms with van der Waals surface area (Å²) in [7, 11) is 0.136. The number of methoxy groups -OCH3 is 1. The molecule has 0 unspecified atom stereocenters. The van der Waals surface area contributed by atoms with Gasteiger partial charge in [-0.3, -0.25) is 4.79 Å². The highest BCUT2D eigenvalue weighted by molar-refractivity contribution is 6.76. The highest BCUT2D eigenvalue weighted by Gasteiger charge is 2.28. The van der Waals surface area contributed by atoms with E-state index in [1.165, 1.54) is 19.2 Å². The number of amides is 1. The molecule has 1 saturated heterocycles. The summed E-state index contributed by atoms with van der Waals surface area (Å²) in [5.74, 6) is -0.468. The molecule has 42 heavy (non-hydrogen) atoms. The van der Waals surface area contributed by atoms with E-state index in [1.54, 1.807) is 15.6 Å². The van der Waals surface area contributed by atoms with E-state index in [9.17, 15) is 14.4 Å². The Morgan fingerprint density at radius 1 is 1.29 bits per heavy atom. The van der Waals surface area contributed by atoms with Crippen LogP contribution in [0.2, 0.25) is 25.7 Å². The van der Waals surface area contributed by atoms with E-state index >= 15 is 0 Å². The minimum absolute atomic E-state index is 0.0295. The molecular formula is C29H34FN7O4Si. The standard InChI is InChI=1S/C29H34FN7O4Si/c1-39-25-8-6-19(30)11-22(25)29(38)33-13-18-5-7-21(26-23(12-31)28(32)37(35-26)20-15-41-16-20)24-14-34-36(27(18)24)17-40-9-10-42(2,3)4/h5-8,11,14,20H,9-10,13,15-17,32H2,1-4H3,(H,33,38). The van der Waals surface area contributed by atoms with Crippen LogP contribution in [0.15, 0.2) is 36.5 Å². The van der Waals surface area contributed by atoms with Crippen LogP contribution in [0.25, 0.3) is 22.2 Å². The fraction of sp³-hybridized carbons (Fsp3) is 0.379. The lowest BCUT2D eigenvalue weighted by Crippen LogP contribution is -2.32. The van der Waals surface area contributed by atoms with Crippen LogP contribution in [0.1, 0.15) is 27.5 Å². The molecule has 1 aliphatic rings. The molecule has 0 radical (unpaired) electrons. The third-order valence-corrected chi connectivity index (χ3v) is 8.93. The lowest BCUT2D eigenvalue weighted by molar-refractivity contribution is -0.0275. The third-order valence-electron chi connectivity index (χ3n) is 7.22. The highest BCUT2D eigenvalue weighted by Crippen LogP contribution is 2.36. The molecule has 1 amide bonds. The number of benzene rings is 2. The number of nitriles is 1. The number of ether oxygens (including phenoxy) is 3. The Hall–Kier alpha value is -4.25. The van der Waals surface area contributed by atoms with Crippen LogP contribution in [0, 0.1) is 17.1 Å². The monoisotopic (exact) mass is 591 g/mol. The van der Waals surface area contributed by atoms with E-state index in [0.29, 0.717) is 31.1 Å². The van der Waals surface area contributed by atoms with Gasteiger partial charge in [-0.25, -0.2) is 13.8 Å². The Balaban J connectivity index is 1.51. The van der Waals surface area contributed by atoms with Gasteiger partial charge in [0.05, 0.1) is 37.6 Å². The van der Waals surface area contributed by atoms with Gasteiger partial charge >= 0.3 is 0 Å². The van der Waals surface area contributed by atoms with Crippen molar-refractivity contribution >= 4 is 30.7 Å². The van der Waals surface area contributed by atoms with Crippen LogP contribution in [0.5, 0.6) is 5.75 Å². The Bertz CT molecular complexity index is 1670. The molecule has 0 saturated carbocycles. The van der Waals surface area contributed by atoms with E-state index in [0.717, 1.165) is 28.6 Å². The molecule has 0 bridgehead atoms. The summed E-state index contributed by atoms with van der Waals surface area (Å²) in [6, 6.07) is 10.7. The minimum atomic E-state index is -1.29. The predicted molar refractivity (Wildman–Crippen MR) is 158 cm³/mol. The zero-order valence-electron chi connectivity index (χ0n) is 24.1. The number of nitrogens with one attached hydrogen (secondary N) is 1. The number of nitrogens with two attached hydrogens (primary N) is 1. The molecule has 11 nitrogen and oxygen atoms in total. The van der Waals surface area contributed by atoms with Gasteiger partial charge in [-0.1, -0.05) is 31.8 Å². The van der Waals surface area contributed by atoms with Gasteiger partial charge < -0.3 is 25.3 Å². The number of halogens is 1. The molecule has 3 N–H and O–H groups in total. The third kappa shape index (κ3) is 5.87. The molecule has 0 atom stereocenters. The second-order valence-corrected chi connectivity index (χ2v) is 17.0. The summed E-state index contributed by atoms with van der Waals surface area (Å²) in [5.41, 5.74) is 9.30. The molecule has 0 aliphatic carbocycles. The van der Waals surface area contributed by atoms with Crippen LogP contribution in [-0.4, -0.2) is 60.5 Å². The molecule has 1 aliphatic heterocycles. The average molecular weight is 592 g/mol. The molecule has 5 rings (SSSR count). The molecule has 4 aromatic rings. The lowest BCUT2D eigenvalue weighted by atomic mass is 10.0. The van der Waals surface area contributed by atoms with Crippen molar-refractivity contribution in [2.75, 3.05) is 32.7 Å². The summed E-state index contributed by atoms with van der Waals surface area (Å²) in [4.78, 5) is 13.1. The zero-order valence-corrected chi connectivity index (χ0v) is 25.1. The highest BCUT2D eigenvalue weighted by atomic mass is 28.3. The van der Waals surface area contributed by atoms with Gasteiger partial charge in [-0.05, 0) is 29.8 Å². The first-order valence-electron chi connectivity index (χ1n) is 13.6. The number of rotatable bonds is 11. The quantitative estimate of drug-likeness (QED) is 0.194. The molecule has 0 spiro atoms. The van der Waals surface area contributed by atoms with Crippen molar-refractivity contribution in [1.82, 2.24) is 24.9 Å². The van der Waals surface area contributed by atoms with Gasteiger partial charge in [0.15, 0.2) is 0 Å². The van der Waals surface area contributed by atoms with Crippen molar-refractivity contribution in [3.05, 3.63) is 59.0 Å². The van der Waals surface area contributed by atoms with Gasteiger partial charge in [0, 0.05) is 32.2 Å². The number of nitrogens with zero attached hydrogens (tertiary/aromatic N) is 5. The van der Waals surface area contributed by atoms with E-state index in [2.05, 4.69) is 36.1 Å². The largest absolute Gasteiger partial charge is 0.496 e. The first-order chi connectivity index (χ1) is 20.1. The summed E-state index contributed by atoms with van der Waals surface area (Å²) in [6.07, 6.45) is 1.70. The smallest absolute Gasteiger partial charge is 0.255 e. The Morgan fingerprint density at radius 2 is 2.07 bits per heavy atom. The molecule has 3 heterocycles. The number of carbonyl (C=O) groups is 1. The van der Waals surface area contributed by atoms with Gasteiger partial charge in [0.25, 0.3) is 5.91 Å². The van der Waals surface area contributed by atoms with Crippen LogP contribution >= 0.6 is 0 Å². The number of aromatic nitrogens is 4. The predicted octanol–water partition coefficient (Wildman–Crippen LogP) is 4.31. The molecule has 220 valence electrons. The van der Waals surface area contributed by atoms with Crippen molar-refractivity contribution in [3.8, 4) is 23.1 Å². The first kappa shape index (κ1) is 29.2. The van der Waals surface area contributed by atoms with Crippen LogP contribution in [0.3, 0.4) is 0 Å². The second kappa shape index (κ2) is 11.9. The van der Waals surface area contributed by atoms with Crippen molar-refractivity contribution in [3.63, 3.8) is 0 Å².